The standard InChI is InChI=1S/C22H26N4O3S/c1-3-25-20-13-5-4-12-19(20)23-22(25)24-21(27)17-10-8-11-18(15-17)30(28,29)26-14-7-6-9-16(26)2/h4-5,8,10-13,15-16H,3,6-7,9,14H2,1-2H3,(H,23,24,27). The molecule has 2 aromatic carbocycles. The second-order valence-corrected chi connectivity index (χ2v) is 9.50. The molecule has 1 saturated heterocycles. The number of piperidine rings is 1. The van der Waals surface area contributed by atoms with Gasteiger partial charge in [-0.25, -0.2) is 13.4 Å². The van der Waals surface area contributed by atoms with Crippen molar-refractivity contribution < 1.29 is 13.2 Å². The number of aromatic nitrogens is 2. The van der Waals surface area contributed by atoms with Gasteiger partial charge in [-0.1, -0.05) is 24.6 Å². The summed E-state index contributed by atoms with van der Waals surface area (Å²) in [6.07, 6.45) is 2.75. The first kappa shape index (κ1) is 20.6. The number of hydrogen-bond donors (Lipinski definition) is 1. The topological polar surface area (TPSA) is 84.3 Å². The first-order chi connectivity index (χ1) is 14.4. The molecule has 1 aliphatic heterocycles. The third-order valence-electron chi connectivity index (χ3n) is 5.64. The van der Waals surface area contributed by atoms with Crippen LogP contribution in [0.2, 0.25) is 0 Å². The van der Waals surface area contributed by atoms with Gasteiger partial charge in [0.05, 0.1) is 15.9 Å². The Bertz CT molecular complexity index is 1190. The fraction of sp³-hybridized carbons (Fsp3) is 0.364. The predicted molar refractivity (Wildman–Crippen MR) is 117 cm³/mol. The number of benzene rings is 2. The van der Waals surface area contributed by atoms with E-state index >= 15 is 0 Å². The molecule has 158 valence electrons. The maximum atomic E-state index is 13.1. The molecule has 0 aliphatic carbocycles. The smallest absolute Gasteiger partial charge is 0.258 e. The van der Waals surface area contributed by atoms with E-state index in [0.29, 0.717) is 19.0 Å². The van der Waals surface area contributed by atoms with Gasteiger partial charge in [0.15, 0.2) is 0 Å². The number of amides is 1. The van der Waals surface area contributed by atoms with Crippen molar-refractivity contribution in [2.45, 2.75) is 50.6 Å². The Hall–Kier alpha value is -2.71. The monoisotopic (exact) mass is 426 g/mol. The molecular formula is C22H26N4O3S. The highest BCUT2D eigenvalue weighted by atomic mass is 32.2. The van der Waals surface area contributed by atoms with E-state index in [2.05, 4.69) is 10.3 Å². The summed E-state index contributed by atoms with van der Waals surface area (Å²) in [4.78, 5) is 17.6. The van der Waals surface area contributed by atoms with E-state index in [-0.39, 0.29) is 22.4 Å². The average molecular weight is 427 g/mol. The van der Waals surface area contributed by atoms with E-state index in [1.165, 1.54) is 6.07 Å². The number of rotatable bonds is 5. The van der Waals surface area contributed by atoms with Crippen molar-refractivity contribution in [3.63, 3.8) is 0 Å². The summed E-state index contributed by atoms with van der Waals surface area (Å²) in [5.74, 6) is 0.0605. The summed E-state index contributed by atoms with van der Waals surface area (Å²) in [5.41, 5.74) is 2.02. The quantitative estimate of drug-likeness (QED) is 0.671. The van der Waals surface area contributed by atoms with Crippen LogP contribution in [-0.2, 0) is 16.6 Å². The molecule has 4 rings (SSSR count). The van der Waals surface area contributed by atoms with Gasteiger partial charge in [0.2, 0.25) is 16.0 Å². The molecular weight excluding hydrogens is 400 g/mol. The number of aryl methyl sites for hydroxylation is 1. The van der Waals surface area contributed by atoms with Gasteiger partial charge < -0.3 is 4.57 Å². The number of anilines is 1. The highest BCUT2D eigenvalue weighted by Crippen LogP contribution is 2.26. The molecule has 8 heteroatoms. The molecule has 1 aliphatic rings. The molecule has 1 N–H and O–H groups in total. The molecule has 0 bridgehead atoms. The van der Waals surface area contributed by atoms with E-state index in [1.54, 1.807) is 22.5 Å². The third-order valence-corrected chi connectivity index (χ3v) is 7.65. The molecule has 30 heavy (non-hydrogen) atoms. The first-order valence-electron chi connectivity index (χ1n) is 10.3. The van der Waals surface area contributed by atoms with Crippen LogP contribution in [0.1, 0.15) is 43.5 Å². The zero-order valence-electron chi connectivity index (χ0n) is 17.2. The van der Waals surface area contributed by atoms with Crippen LogP contribution in [-0.4, -0.2) is 40.8 Å². The second-order valence-electron chi connectivity index (χ2n) is 7.61. The van der Waals surface area contributed by atoms with Crippen molar-refractivity contribution in [3.05, 3.63) is 54.1 Å². The Morgan fingerprint density at radius 3 is 2.73 bits per heavy atom. The Labute approximate surface area is 176 Å². The molecule has 1 atom stereocenters. The van der Waals surface area contributed by atoms with Gasteiger partial charge in [-0.05, 0) is 57.0 Å². The fourth-order valence-corrected chi connectivity index (χ4v) is 5.77. The Morgan fingerprint density at radius 2 is 1.97 bits per heavy atom. The molecule has 1 unspecified atom stereocenters. The summed E-state index contributed by atoms with van der Waals surface area (Å²) in [5, 5.41) is 2.84. The lowest BCUT2D eigenvalue weighted by Gasteiger charge is -2.32. The number of nitrogens with one attached hydrogen (secondary N) is 1. The summed E-state index contributed by atoms with van der Waals surface area (Å²) < 4.78 is 29.7. The van der Waals surface area contributed by atoms with Crippen LogP contribution in [0.15, 0.2) is 53.4 Å². The normalized spacial score (nSPS) is 17.9. The van der Waals surface area contributed by atoms with Gasteiger partial charge in [0, 0.05) is 24.7 Å². The number of imidazole rings is 1. The van der Waals surface area contributed by atoms with Gasteiger partial charge in [0.25, 0.3) is 5.91 Å². The highest BCUT2D eigenvalue weighted by molar-refractivity contribution is 7.89. The van der Waals surface area contributed by atoms with Crippen molar-refractivity contribution in [2.75, 3.05) is 11.9 Å². The minimum absolute atomic E-state index is 0.0364. The van der Waals surface area contributed by atoms with Crippen LogP contribution in [0.3, 0.4) is 0 Å². The van der Waals surface area contributed by atoms with E-state index in [4.69, 9.17) is 0 Å². The maximum Gasteiger partial charge on any atom is 0.258 e. The zero-order valence-corrected chi connectivity index (χ0v) is 18.0. The maximum absolute atomic E-state index is 13.1. The third kappa shape index (κ3) is 3.73. The van der Waals surface area contributed by atoms with Crippen LogP contribution < -0.4 is 5.32 Å². The lowest BCUT2D eigenvalue weighted by atomic mass is 10.1. The number of carbonyl (C=O) groups is 1. The first-order valence-corrected chi connectivity index (χ1v) is 11.7. The molecule has 1 aromatic heterocycles. The van der Waals surface area contributed by atoms with Gasteiger partial charge in [0.1, 0.15) is 0 Å². The van der Waals surface area contributed by atoms with Crippen LogP contribution >= 0.6 is 0 Å². The Kier molecular flexibility index (Phi) is 5.62. The van der Waals surface area contributed by atoms with Crippen LogP contribution in [0, 0.1) is 0 Å². The number of nitrogens with zero attached hydrogens (tertiary/aromatic N) is 3. The number of carbonyl (C=O) groups excluding carboxylic acids is 1. The van der Waals surface area contributed by atoms with Crippen LogP contribution in [0.5, 0.6) is 0 Å². The van der Waals surface area contributed by atoms with Crippen molar-refractivity contribution in [1.29, 1.82) is 0 Å². The van der Waals surface area contributed by atoms with E-state index in [9.17, 15) is 13.2 Å². The Balaban J connectivity index is 1.62. The lowest BCUT2D eigenvalue weighted by molar-refractivity contribution is 0.102. The minimum atomic E-state index is -3.64. The number of hydrogen-bond acceptors (Lipinski definition) is 4. The number of fused-ring (bicyclic) bond motifs is 1. The summed E-state index contributed by atoms with van der Waals surface area (Å²) in [7, 11) is -3.64. The summed E-state index contributed by atoms with van der Waals surface area (Å²) in [6, 6.07) is 13.9. The highest BCUT2D eigenvalue weighted by Gasteiger charge is 2.31. The van der Waals surface area contributed by atoms with Gasteiger partial charge in [-0.15, -0.1) is 0 Å². The van der Waals surface area contributed by atoms with E-state index in [1.807, 2.05) is 42.7 Å². The minimum Gasteiger partial charge on any atom is -0.310 e. The molecule has 2 heterocycles. The molecule has 0 saturated carbocycles. The van der Waals surface area contributed by atoms with Crippen molar-refractivity contribution >= 4 is 32.9 Å². The van der Waals surface area contributed by atoms with E-state index in [0.717, 1.165) is 30.3 Å². The average Bonchev–Trinajstić information content (AvgIpc) is 3.10. The Morgan fingerprint density at radius 1 is 1.17 bits per heavy atom. The molecule has 0 spiro atoms. The summed E-state index contributed by atoms with van der Waals surface area (Å²) in [6.45, 7) is 5.08. The predicted octanol–water partition coefficient (Wildman–Crippen LogP) is 3.87. The fourth-order valence-electron chi connectivity index (χ4n) is 4.03. The molecule has 0 radical (unpaired) electrons. The van der Waals surface area contributed by atoms with Gasteiger partial charge in [-0.2, -0.15) is 4.31 Å². The van der Waals surface area contributed by atoms with Crippen molar-refractivity contribution in [2.24, 2.45) is 0 Å². The second kappa shape index (κ2) is 8.20. The number of para-hydroxylation sites is 2. The molecule has 1 amide bonds. The molecule has 3 aromatic rings. The van der Waals surface area contributed by atoms with Crippen molar-refractivity contribution in [1.82, 2.24) is 13.9 Å². The van der Waals surface area contributed by atoms with Gasteiger partial charge in [-0.3, -0.25) is 10.1 Å². The van der Waals surface area contributed by atoms with Gasteiger partial charge >= 0.3 is 0 Å². The molecule has 1 fully saturated rings. The number of sulfonamides is 1. The zero-order chi connectivity index (χ0) is 21.3. The largest absolute Gasteiger partial charge is 0.310 e. The van der Waals surface area contributed by atoms with Crippen LogP contribution in [0.4, 0.5) is 5.95 Å². The lowest BCUT2D eigenvalue weighted by Crippen LogP contribution is -2.41. The molecule has 7 nitrogen and oxygen atoms in total. The SMILES string of the molecule is CCn1c(NC(=O)c2cccc(S(=O)(=O)N3CCCCC3C)c2)nc2ccccc21. The van der Waals surface area contributed by atoms with E-state index < -0.39 is 10.0 Å². The van der Waals surface area contributed by atoms with Crippen LogP contribution in [0.25, 0.3) is 11.0 Å². The summed E-state index contributed by atoms with van der Waals surface area (Å²) >= 11 is 0. The van der Waals surface area contributed by atoms with Crippen molar-refractivity contribution in [3.8, 4) is 0 Å².